The molecule has 1 unspecified atom stereocenters. The molecule has 0 aromatic heterocycles. The maximum Gasteiger partial charge on any atom is 0.121 e. The zero-order valence-electron chi connectivity index (χ0n) is 12.7. The molecule has 0 saturated carbocycles. The summed E-state index contributed by atoms with van der Waals surface area (Å²) in [4.78, 5) is 5.08. The number of ether oxygens (including phenoxy) is 1. The van der Waals surface area contributed by atoms with Gasteiger partial charge in [-0.15, -0.1) is 0 Å². The minimum absolute atomic E-state index is 0.670. The minimum Gasteiger partial charge on any atom is -0.493 e. The topological polar surface area (TPSA) is 41.7 Å². The lowest BCUT2D eigenvalue weighted by Gasteiger charge is -2.39. The number of hydrogen-bond donors (Lipinski definition) is 1. The Morgan fingerprint density at radius 3 is 2.90 bits per heavy atom. The quantitative estimate of drug-likeness (QED) is 0.638. The third kappa shape index (κ3) is 4.39. The highest BCUT2D eigenvalue weighted by Crippen LogP contribution is 2.15. The fraction of sp³-hybridized carbons (Fsp3) is 0.625. The van der Waals surface area contributed by atoms with Crippen LogP contribution >= 0.6 is 0 Å². The number of anilines is 1. The van der Waals surface area contributed by atoms with Crippen LogP contribution in [-0.4, -0.2) is 55.2 Å². The standard InChI is InChI=1S/C16H27N3O/c1-3-19-10-9-18(13-14(19)2)8-5-11-20-16-7-4-6-15(17)12-16/h4,6-7,12,14H,3,5,8-11,13,17H2,1-2H3. The van der Waals surface area contributed by atoms with Crippen LogP contribution in [0.4, 0.5) is 5.69 Å². The highest BCUT2D eigenvalue weighted by atomic mass is 16.5. The van der Waals surface area contributed by atoms with Gasteiger partial charge in [-0.1, -0.05) is 13.0 Å². The summed E-state index contributed by atoms with van der Waals surface area (Å²) in [5.74, 6) is 0.870. The number of hydrogen-bond acceptors (Lipinski definition) is 4. The highest BCUT2D eigenvalue weighted by molar-refractivity contribution is 5.43. The van der Waals surface area contributed by atoms with Crippen LogP contribution in [0.3, 0.4) is 0 Å². The number of nitrogens with two attached hydrogens (primary N) is 1. The van der Waals surface area contributed by atoms with E-state index in [1.165, 1.54) is 19.6 Å². The zero-order valence-corrected chi connectivity index (χ0v) is 12.7. The van der Waals surface area contributed by atoms with Crippen molar-refractivity contribution in [2.45, 2.75) is 26.3 Å². The summed E-state index contributed by atoms with van der Waals surface area (Å²) in [6.07, 6.45) is 1.06. The molecular formula is C16H27N3O. The smallest absolute Gasteiger partial charge is 0.121 e. The van der Waals surface area contributed by atoms with Crippen molar-refractivity contribution in [2.24, 2.45) is 0 Å². The van der Waals surface area contributed by atoms with Gasteiger partial charge in [0.1, 0.15) is 5.75 Å². The first-order valence-electron chi connectivity index (χ1n) is 7.63. The molecule has 1 heterocycles. The van der Waals surface area contributed by atoms with Crippen LogP contribution in [0.2, 0.25) is 0 Å². The van der Waals surface area contributed by atoms with Crippen molar-refractivity contribution in [3.05, 3.63) is 24.3 Å². The second-order valence-electron chi connectivity index (χ2n) is 5.55. The number of likely N-dealkylation sites (N-methyl/N-ethyl adjacent to an activating group) is 1. The van der Waals surface area contributed by atoms with E-state index in [1.807, 2.05) is 24.3 Å². The zero-order chi connectivity index (χ0) is 14.4. The first-order valence-corrected chi connectivity index (χ1v) is 7.63. The predicted octanol–water partition coefficient (Wildman–Crippen LogP) is 2.06. The van der Waals surface area contributed by atoms with Crippen LogP contribution < -0.4 is 10.5 Å². The molecule has 1 fully saturated rings. The molecular weight excluding hydrogens is 250 g/mol. The van der Waals surface area contributed by atoms with Gasteiger partial charge in [-0.25, -0.2) is 0 Å². The molecule has 1 aliphatic rings. The van der Waals surface area contributed by atoms with Crippen LogP contribution in [0, 0.1) is 0 Å². The molecule has 4 heteroatoms. The van der Waals surface area contributed by atoms with Gasteiger partial charge in [0.05, 0.1) is 6.61 Å². The molecule has 2 rings (SSSR count). The fourth-order valence-electron chi connectivity index (χ4n) is 2.83. The number of rotatable bonds is 6. The Morgan fingerprint density at radius 2 is 2.20 bits per heavy atom. The van der Waals surface area contributed by atoms with Crippen molar-refractivity contribution in [2.75, 3.05) is 45.1 Å². The van der Waals surface area contributed by atoms with Crippen molar-refractivity contribution >= 4 is 5.69 Å². The molecule has 1 aromatic carbocycles. The van der Waals surface area contributed by atoms with Crippen LogP contribution in [0.1, 0.15) is 20.3 Å². The van der Waals surface area contributed by atoms with Gasteiger partial charge >= 0.3 is 0 Å². The van der Waals surface area contributed by atoms with E-state index in [1.54, 1.807) is 0 Å². The lowest BCUT2D eigenvalue weighted by atomic mass is 10.2. The van der Waals surface area contributed by atoms with E-state index in [4.69, 9.17) is 10.5 Å². The fourth-order valence-corrected chi connectivity index (χ4v) is 2.83. The first kappa shape index (κ1) is 15.1. The van der Waals surface area contributed by atoms with Crippen LogP contribution in [0.15, 0.2) is 24.3 Å². The first-order chi connectivity index (χ1) is 9.69. The third-order valence-corrected chi connectivity index (χ3v) is 4.00. The second kappa shape index (κ2) is 7.50. The predicted molar refractivity (Wildman–Crippen MR) is 84.1 cm³/mol. The van der Waals surface area contributed by atoms with Gasteiger partial charge in [-0.3, -0.25) is 4.90 Å². The summed E-state index contributed by atoms with van der Waals surface area (Å²) in [6, 6.07) is 8.31. The van der Waals surface area contributed by atoms with Crippen molar-refractivity contribution in [3.63, 3.8) is 0 Å². The van der Waals surface area contributed by atoms with Gasteiger partial charge < -0.3 is 15.4 Å². The van der Waals surface area contributed by atoms with E-state index in [-0.39, 0.29) is 0 Å². The number of nitrogens with zero attached hydrogens (tertiary/aromatic N) is 2. The molecule has 0 spiro atoms. The number of nitrogen functional groups attached to an aromatic ring is 1. The molecule has 1 atom stereocenters. The van der Waals surface area contributed by atoms with Crippen molar-refractivity contribution in [1.82, 2.24) is 9.80 Å². The summed E-state index contributed by atoms with van der Waals surface area (Å²) in [7, 11) is 0. The van der Waals surface area contributed by atoms with E-state index >= 15 is 0 Å². The van der Waals surface area contributed by atoms with Gasteiger partial charge in [0.25, 0.3) is 0 Å². The third-order valence-electron chi connectivity index (χ3n) is 4.00. The molecule has 1 saturated heterocycles. The molecule has 20 heavy (non-hydrogen) atoms. The monoisotopic (exact) mass is 277 g/mol. The Kier molecular flexibility index (Phi) is 5.68. The molecule has 2 N–H and O–H groups in total. The lowest BCUT2D eigenvalue weighted by molar-refractivity contribution is 0.0843. The summed E-state index contributed by atoms with van der Waals surface area (Å²) in [5, 5.41) is 0. The maximum absolute atomic E-state index is 5.73. The second-order valence-corrected chi connectivity index (χ2v) is 5.55. The van der Waals surface area contributed by atoms with Crippen molar-refractivity contribution < 1.29 is 4.74 Å². The van der Waals surface area contributed by atoms with Gasteiger partial charge in [0.15, 0.2) is 0 Å². The average molecular weight is 277 g/mol. The SMILES string of the molecule is CCN1CCN(CCCOc2cccc(N)c2)CC1C. The Labute approximate surface area is 122 Å². The van der Waals surface area contributed by atoms with Gasteiger partial charge in [0, 0.05) is 44.0 Å². The lowest BCUT2D eigenvalue weighted by Crippen LogP contribution is -2.51. The average Bonchev–Trinajstić information content (AvgIpc) is 2.44. The Morgan fingerprint density at radius 1 is 1.35 bits per heavy atom. The van der Waals surface area contributed by atoms with Crippen LogP contribution in [0.25, 0.3) is 0 Å². The van der Waals surface area contributed by atoms with Crippen LogP contribution in [-0.2, 0) is 0 Å². The molecule has 1 aliphatic heterocycles. The number of benzene rings is 1. The van der Waals surface area contributed by atoms with E-state index < -0.39 is 0 Å². The van der Waals surface area contributed by atoms with E-state index in [0.717, 1.165) is 37.6 Å². The van der Waals surface area contributed by atoms with Gasteiger partial charge in [-0.05, 0) is 32.0 Å². The molecule has 0 amide bonds. The Hall–Kier alpha value is -1.26. The number of piperazine rings is 1. The minimum atomic E-state index is 0.670. The highest BCUT2D eigenvalue weighted by Gasteiger charge is 2.21. The molecule has 0 aliphatic carbocycles. The van der Waals surface area contributed by atoms with Crippen LogP contribution in [0.5, 0.6) is 5.75 Å². The van der Waals surface area contributed by atoms with E-state index in [2.05, 4.69) is 23.6 Å². The molecule has 4 nitrogen and oxygen atoms in total. The summed E-state index contributed by atoms with van der Waals surface area (Å²) < 4.78 is 5.73. The summed E-state index contributed by atoms with van der Waals surface area (Å²) in [5.41, 5.74) is 6.48. The molecule has 112 valence electrons. The summed E-state index contributed by atoms with van der Waals surface area (Å²) in [6.45, 7) is 11.1. The summed E-state index contributed by atoms with van der Waals surface area (Å²) >= 11 is 0. The Bertz CT molecular complexity index is 410. The van der Waals surface area contributed by atoms with Crippen molar-refractivity contribution in [3.8, 4) is 5.75 Å². The van der Waals surface area contributed by atoms with E-state index in [9.17, 15) is 0 Å². The van der Waals surface area contributed by atoms with Gasteiger partial charge in [-0.2, -0.15) is 0 Å². The van der Waals surface area contributed by atoms with E-state index in [0.29, 0.717) is 6.04 Å². The van der Waals surface area contributed by atoms with Crippen molar-refractivity contribution in [1.29, 1.82) is 0 Å². The molecule has 0 radical (unpaired) electrons. The maximum atomic E-state index is 5.73. The van der Waals surface area contributed by atoms with Gasteiger partial charge in [0.2, 0.25) is 0 Å². The molecule has 0 bridgehead atoms. The normalized spacial score (nSPS) is 21.0. The Balaban J connectivity index is 1.64. The molecule has 1 aromatic rings. The largest absolute Gasteiger partial charge is 0.493 e.